The number of methoxy groups -OCH3 is 4. The van der Waals surface area contributed by atoms with Gasteiger partial charge in [0.15, 0.2) is 28.8 Å². The molecule has 0 fully saturated rings. The van der Waals surface area contributed by atoms with Gasteiger partial charge in [-0.2, -0.15) is 12.6 Å². The molecule has 10 heteroatoms. The second-order valence-corrected chi connectivity index (χ2v) is 11.6. The van der Waals surface area contributed by atoms with Crippen LogP contribution in [0.15, 0.2) is 66.7 Å². The van der Waals surface area contributed by atoms with Crippen molar-refractivity contribution in [3.8, 4) is 34.5 Å². The minimum absolute atomic E-state index is 0.219. The van der Waals surface area contributed by atoms with E-state index in [4.69, 9.17) is 28.4 Å². The van der Waals surface area contributed by atoms with Gasteiger partial charge in [-0.1, -0.05) is 45.9 Å². The smallest absolute Gasteiger partial charge is 0.203 e. The van der Waals surface area contributed by atoms with Gasteiger partial charge in [0.2, 0.25) is 5.75 Å². The van der Waals surface area contributed by atoms with Gasteiger partial charge in [0, 0.05) is 10.5 Å². The topological polar surface area (TPSA) is 72.5 Å². The van der Waals surface area contributed by atoms with Gasteiger partial charge < -0.3 is 28.4 Å². The van der Waals surface area contributed by atoms with Crippen molar-refractivity contribution in [2.45, 2.75) is 4.58 Å². The lowest BCUT2D eigenvalue weighted by Gasteiger charge is -2.13. The second kappa shape index (κ2) is 14.3. The summed E-state index contributed by atoms with van der Waals surface area (Å²) in [5.74, 6) is 2.92. The number of hydrogen-bond donors (Lipinski definition) is 1. The number of thiol groups is 1. The molecule has 1 atom stereocenters. The Morgan fingerprint density at radius 1 is 0.825 bits per heavy atom. The van der Waals surface area contributed by atoms with Crippen molar-refractivity contribution in [2.24, 2.45) is 0 Å². The molecule has 3 aromatic carbocycles. The summed E-state index contributed by atoms with van der Waals surface area (Å²) in [4.78, 5) is 14.1. The molecule has 4 rings (SSSR count). The Morgan fingerprint density at radius 3 is 2.10 bits per heavy atom. The zero-order chi connectivity index (χ0) is 28.5. The first kappa shape index (κ1) is 29.6. The maximum Gasteiger partial charge on any atom is 0.203 e. The van der Waals surface area contributed by atoms with E-state index in [0.717, 1.165) is 16.9 Å². The van der Waals surface area contributed by atoms with E-state index in [0.29, 0.717) is 47.5 Å². The summed E-state index contributed by atoms with van der Waals surface area (Å²) in [7, 11) is 9.56. The lowest BCUT2D eigenvalue weighted by molar-refractivity contribution is 0.104. The number of ether oxygens (including phenoxy) is 6. The van der Waals surface area contributed by atoms with Gasteiger partial charge in [0.25, 0.3) is 0 Å². The highest BCUT2D eigenvalue weighted by Gasteiger charge is 2.17. The number of hydrogen-bond acceptors (Lipinski definition) is 10. The first-order chi connectivity index (χ1) is 19.4. The molecule has 0 saturated heterocycles. The Morgan fingerprint density at radius 2 is 1.50 bits per heavy atom. The normalized spacial score (nSPS) is 14.5. The summed E-state index contributed by atoms with van der Waals surface area (Å²) in [6.45, 7) is 0.669. The van der Waals surface area contributed by atoms with E-state index in [1.54, 1.807) is 53.0 Å². The van der Waals surface area contributed by atoms with Crippen molar-refractivity contribution >= 4 is 51.0 Å². The number of carbonyl (C=O) groups is 1. The minimum atomic E-state index is -0.219. The Hall–Kier alpha value is -3.34. The number of benzene rings is 3. The SMILES string of the molecule is COc1ccc(/C=C/C(=O)c2cc(OC)c(OC)c(OC)c2)cc1OCCOc1ccc(C2=CC(S)SS2)cc1. The predicted octanol–water partition coefficient (Wildman–Crippen LogP) is 7.07. The van der Waals surface area contributed by atoms with Crippen molar-refractivity contribution in [1.29, 1.82) is 0 Å². The molecule has 210 valence electrons. The molecule has 0 bridgehead atoms. The molecule has 0 amide bonds. The standard InChI is InChI=1S/C30H30O7S3/c1-32-24-12-6-19(5-11-23(31)21-16-26(33-2)30(35-4)27(17-21)34-3)15-25(24)37-14-13-36-22-9-7-20(8-10-22)28-18-29(38)40-39-28/h5-12,15-18,29,38H,13-14H2,1-4H3/b11-5+. The van der Waals surface area contributed by atoms with E-state index in [-0.39, 0.29) is 10.4 Å². The average Bonchev–Trinajstić information content (AvgIpc) is 3.43. The van der Waals surface area contributed by atoms with Crippen LogP contribution in [0.3, 0.4) is 0 Å². The van der Waals surface area contributed by atoms with E-state index in [9.17, 15) is 4.79 Å². The Kier molecular flexibility index (Phi) is 10.6. The number of carbonyl (C=O) groups excluding carboxylic acids is 1. The summed E-state index contributed by atoms with van der Waals surface area (Å²) in [6.07, 6.45) is 5.33. The fourth-order valence-electron chi connectivity index (χ4n) is 3.86. The van der Waals surface area contributed by atoms with Crippen molar-refractivity contribution in [2.75, 3.05) is 41.7 Å². The quantitative estimate of drug-likeness (QED) is 0.0731. The van der Waals surface area contributed by atoms with Crippen LogP contribution in [0.1, 0.15) is 21.5 Å². The highest BCUT2D eigenvalue weighted by molar-refractivity contribution is 8.82. The molecule has 0 spiro atoms. The molecule has 1 unspecified atom stereocenters. The molecule has 0 aromatic heterocycles. The van der Waals surface area contributed by atoms with E-state index >= 15 is 0 Å². The Labute approximate surface area is 247 Å². The van der Waals surface area contributed by atoms with Crippen molar-refractivity contribution in [3.05, 3.63) is 83.4 Å². The van der Waals surface area contributed by atoms with Gasteiger partial charge in [-0.25, -0.2) is 0 Å². The van der Waals surface area contributed by atoms with Crippen molar-refractivity contribution in [1.82, 2.24) is 0 Å². The van der Waals surface area contributed by atoms with Crippen LogP contribution in [0.5, 0.6) is 34.5 Å². The molecule has 40 heavy (non-hydrogen) atoms. The number of rotatable bonds is 13. The van der Waals surface area contributed by atoms with Crippen LogP contribution in [0.2, 0.25) is 0 Å². The van der Waals surface area contributed by atoms with Gasteiger partial charge >= 0.3 is 0 Å². The van der Waals surface area contributed by atoms with E-state index in [1.807, 2.05) is 36.4 Å². The maximum atomic E-state index is 12.9. The van der Waals surface area contributed by atoms with Gasteiger partial charge in [0.05, 0.1) is 33.0 Å². The Balaban J connectivity index is 1.36. The first-order valence-corrected chi connectivity index (χ1v) is 15.0. The predicted molar refractivity (Wildman–Crippen MR) is 166 cm³/mol. The highest BCUT2D eigenvalue weighted by Crippen LogP contribution is 2.48. The van der Waals surface area contributed by atoms with E-state index in [1.165, 1.54) is 32.3 Å². The summed E-state index contributed by atoms with van der Waals surface area (Å²) in [5.41, 5.74) is 2.33. The molecular formula is C30H30O7S3. The van der Waals surface area contributed by atoms with Crippen LogP contribution in [-0.4, -0.2) is 52.0 Å². The fourth-order valence-corrected chi connectivity index (χ4v) is 6.63. The summed E-state index contributed by atoms with van der Waals surface area (Å²) in [5, 5.41) is 0. The zero-order valence-electron chi connectivity index (χ0n) is 22.5. The number of ketones is 1. The summed E-state index contributed by atoms with van der Waals surface area (Å²) >= 11 is 4.47. The minimum Gasteiger partial charge on any atom is -0.493 e. The third-order valence-electron chi connectivity index (χ3n) is 5.84. The largest absolute Gasteiger partial charge is 0.493 e. The molecule has 1 heterocycles. The van der Waals surface area contributed by atoms with Gasteiger partial charge in [0.1, 0.15) is 19.0 Å². The van der Waals surface area contributed by atoms with Crippen molar-refractivity contribution < 1.29 is 33.2 Å². The van der Waals surface area contributed by atoms with Crippen LogP contribution in [0.25, 0.3) is 11.0 Å². The third-order valence-corrected chi connectivity index (χ3v) is 9.17. The van der Waals surface area contributed by atoms with Crippen LogP contribution >= 0.6 is 34.2 Å². The van der Waals surface area contributed by atoms with Gasteiger partial charge in [-0.15, -0.1) is 0 Å². The highest BCUT2D eigenvalue weighted by atomic mass is 33.1. The zero-order valence-corrected chi connectivity index (χ0v) is 25.1. The van der Waals surface area contributed by atoms with E-state index in [2.05, 4.69) is 18.7 Å². The molecule has 1 aliphatic heterocycles. The average molecular weight is 599 g/mol. The molecule has 1 aliphatic rings. The lowest BCUT2D eigenvalue weighted by atomic mass is 10.1. The number of allylic oxidation sites excluding steroid dienone is 1. The van der Waals surface area contributed by atoms with E-state index < -0.39 is 0 Å². The molecule has 0 radical (unpaired) electrons. The van der Waals surface area contributed by atoms with Crippen LogP contribution in [0.4, 0.5) is 0 Å². The molecule has 7 nitrogen and oxygen atoms in total. The molecule has 3 aromatic rings. The van der Waals surface area contributed by atoms with Gasteiger partial charge in [-0.3, -0.25) is 4.79 Å². The summed E-state index contributed by atoms with van der Waals surface area (Å²) < 4.78 is 33.5. The molecule has 0 saturated carbocycles. The Bertz CT molecular complexity index is 1360. The lowest BCUT2D eigenvalue weighted by Crippen LogP contribution is -2.09. The van der Waals surface area contributed by atoms with Crippen LogP contribution < -0.4 is 28.4 Å². The van der Waals surface area contributed by atoms with Crippen LogP contribution in [-0.2, 0) is 0 Å². The second-order valence-electron chi connectivity index (χ2n) is 8.34. The fraction of sp³-hybridized carbons (Fsp3) is 0.233. The monoisotopic (exact) mass is 598 g/mol. The van der Waals surface area contributed by atoms with Crippen LogP contribution in [0, 0.1) is 0 Å². The molecule has 0 N–H and O–H groups in total. The maximum absolute atomic E-state index is 12.9. The van der Waals surface area contributed by atoms with Gasteiger partial charge in [-0.05, 0) is 59.7 Å². The summed E-state index contributed by atoms with van der Waals surface area (Å²) in [6, 6.07) is 16.7. The van der Waals surface area contributed by atoms with Crippen molar-refractivity contribution in [3.63, 3.8) is 0 Å². The molecular weight excluding hydrogens is 569 g/mol. The third kappa shape index (κ3) is 7.44. The first-order valence-electron chi connectivity index (χ1n) is 12.3. The molecule has 0 aliphatic carbocycles.